The first-order valence-corrected chi connectivity index (χ1v) is 14.5. The summed E-state index contributed by atoms with van der Waals surface area (Å²) in [5.41, 5.74) is 4.23. The van der Waals surface area contributed by atoms with Gasteiger partial charge in [0.05, 0.1) is 29.5 Å². The standard InChI is InChI=1S/C32H26ClN3O4S/c1-4-40-31(39)25-26(19-8-6-5-7-9-19)35-32-36(27(25)20-12-10-18(11-13-20)17(2)3)30(38)28(41-32)24-22-16-21(33)14-15-23(22)34-29(24)37/h5-17,27H,4H2,1-3H3,(H,34,37)/b28-24-/t27-/m0/s1. The van der Waals surface area contributed by atoms with Gasteiger partial charge in [0, 0.05) is 21.8 Å². The molecule has 9 heteroatoms. The fourth-order valence-electron chi connectivity index (χ4n) is 5.23. The molecule has 0 saturated heterocycles. The van der Waals surface area contributed by atoms with Crippen LogP contribution in [0.4, 0.5) is 5.69 Å². The van der Waals surface area contributed by atoms with Gasteiger partial charge in [-0.2, -0.15) is 0 Å². The number of halogens is 1. The van der Waals surface area contributed by atoms with E-state index in [1.165, 1.54) is 4.57 Å². The molecule has 0 fully saturated rings. The Balaban J connectivity index is 1.70. The average Bonchev–Trinajstić information content (AvgIpc) is 3.47. The fourth-order valence-corrected chi connectivity index (χ4v) is 6.50. The summed E-state index contributed by atoms with van der Waals surface area (Å²) in [5.74, 6) is -0.638. The molecule has 1 N–H and O–H groups in total. The molecule has 1 amide bonds. The second kappa shape index (κ2) is 10.6. The smallest absolute Gasteiger partial charge is 0.338 e. The Kier molecular flexibility index (Phi) is 6.97. The molecule has 0 spiro atoms. The minimum Gasteiger partial charge on any atom is -0.463 e. The molecule has 2 aliphatic rings. The molecule has 2 aliphatic heterocycles. The predicted octanol–water partition coefficient (Wildman–Crippen LogP) is 5.03. The number of hydrogen-bond acceptors (Lipinski definition) is 6. The van der Waals surface area contributed by atoms with Crippen LogP contribution >= 0.6 is 22.9 Å². The van der Waals surface area contributed by atoms with Crippen LogP contribution in [0.2, 0.25) is 5.02 Å². The monoisotopic (exact) mass is 583 g/mol. The maximum Gasteiger partial charge on any atom is 0.338 e. The highest BCUT2D eigenvalue weighted by atomic mass is 35.5. The van der Waals surface area contributed by atoms with E-state index in [0.29, 0.717) is 32.7 Å². The second-order valence-corrected chi connectivity index (χ2v) is 11.5. The van der Waals surface area contributed by atoms with Gasteiger partial charge in [0.15, 0.2) is 4.80 Å². The Labute approximate surface area is 245 Å². The van der Waals surface area contributed by atoms with Crippen LogP contribution in [0.1, 0.15) is 55.0 Å². The third-order valence-electron chi connectivity index (χ3n) is 7.22. The Morgan fingerprint density at radius 2 is 1.80 bits per heavy atom. The van der Waals surface area contributed by atoms with E-state index in [1.807, 2.05) is 54.6 Å². The quantitative estimate of drug-likeness (QED) is 0.334. The molecule has 0 unspecified atom stereocenters. The van der Waals surface area contributed by atoms with Gasteiger partial charge < -0.3 is 10.1 Å². The number of carbonyl (C=O) groups is 2. The molecule has 3 heterocycles. The largest absolute Gasteiger partial charge is 0.463 e. The van der Waals surface area contributed by atoms with Gasteiger partial charge >= 0.3 is 5.97 Å². The van der Waals surface area contributed by atoms with E-state index in [2.05, 4.69) is 19.2 Å². The van der Waals surface area contributed by atoms with Gasteiger partial charge in [-0.3, -0.25) is 14.2 Å². The van der Waals surface area contributed by atoms with Crippen molar-refractivity contribution in [1.29, 1.82) is 0 Å². The summed E-state index contributed by atoms with van der Waals surface area (Å²) >= 11 is 7.39. The predicted molar refractivity (Wildman–Crippen MR) is 161 cm³/mol. The number of aromatic nitrogens is 1. The van der Waals surface area contributed by atoms with Crippen LogP contribution in [0.25, 0.3) is 11.3 Å². The molecule has 0 aliphatic carbocycles. The zero-order valence-electron chi connectivity index (χ0n) is 22.6. The number of thiazole rings is 1. The normalized spacial score (nSPS) is 17.2. The number of carbonyl (C=O) groups excluding carboxylic acids is 2. The lowest BCUT2D eigenvalue weighted by atomic mass is 9.91. The van der Waals surface area contributed by atoms with Crippen LogP contribution in [0, 0.1) is 0 Å². The van der Waals surface area contributed by atoms with Gasteiger partial charge in [-0.05, 0) is 42.2 Å². The summed E-state index contributed by atoms with van der Waals surface area (Å²) in [5, 5.41) is 3.28. The first-order valence-electron chi connectivity index (χ1n) is 13.3. The summed E-state index contributed by atoms with van der Waals surface area (Å²) in [4.78, 5) is 46.3. The number of nitrogens with one attached hydrogen (secondary N) is 1. The van der Waals surface area contributed by atoms with Gasteiger partial charge in [0.25, 0.3) is 11.5 Å². The molecular formula is C32H26ClN3O4S. The minimum absolute atomic E-state index is 0.162. The molecule has 0 radical (unpaired) electrons. The number of rotatable bonds is 5. The van der Waals surface area contributed by atoms with E-state index >= 15 is 0 Å². The number of amides is 1. The van der Waals surface area contributed by atoms with E-state index in [-0.39, 0.29) is 22.3 Å². The number of esters is 1. The molecule has 4 aromatic rings. The summed E-state index contributed by atoms with van der Waals surface area (Å²) in [7, 11) is 0. The van der Waals surface area contributed by atoms with Crippen LogP contribution in [0.5, 0.6) is 0 Å². The van der Waals surface area contributed by atoms with E-state index < -0.39 is 23.5 Å². The Morgan fingerprint density at radius 3 is 2.49 bits per heavy atom. The first kappa shape index (κ1) is 26.9. The van der Waals surface area contributed by atoms with Gasteiger partial charge in [0.1, 0.15) is 4.53 Å². The molecule has 6 rings (SSSR count). The topological polar surface area (TPSA) is 89.8 Å². The van der Waals surface area contributed by atoms with Crippen LogP contribution in [0.15, 0.2) is 88.2 Å². The van der Waals surface area contributed by atoms with Crippen molar-refractivity contribution in [2.45, 2.75) is 32.7 Å². The van der Waals surface area contributed by atoms with Gasteiger partial charge in [0.2, 0.25) is 0 Å². The summed E-state index contributed by atoms with van der Waals surface area (Å²) in [6, 6.07) is 21.5. The molecule has 0 saturated carbocycles. The highest BCUT2D eigenvalue weighted by Crippen LogP contribution is 2.36. The van der Waals surface area contributed by atoms with Gasteiger partial charge in [-0.15, -0.1) is 0 Å². The first-order chi connectivity index (χ1) is 19.8. The lowest BCUT2D eigenvalue weighted by Crippen LogP contribution is -2.40. The molecule has 1 atom stereocenters. The number of ether oxygens (including phenoxy) is 1. The van der Waals surface area contributed by atoms with Crippen molar-refractivity contribution in [3.63, 3.8) is 0 Å². The molecular weight excluding hydrogens is 558 g/mol. The third-order valence-corrected chi connectivity index (χ3v) is 8.51. The van der Waals surface area contributed by atoms with Crippen LogP contribution in [0.3, 0.4) is 0 Å². The SMILES string of the molecule is CCOC(=O)C1=C(c2ccccc2)N=c2s/c(=C3\C(=O)Nc4ccc(Cl)cc43)c(=O)n2[C@H]1c1ccc(C(C)C)cc1. The molecule has 206 valence electrons. The zero-order valence-corrected chi connectivity index (χ0v) is 24.2. The molecule has 41 heavy (non-hydrogen) atoms. The van der Waals surface area contributed by atoms with Gasteiger partial charge in [-0.1, -0.05) is 91.4 Å². The average molecular weight is 584 g/mol. The number of benzene rings is 3. The summed E-state index contributed by atoms with van der Waals surface area (Å²) < 4.78 is 7.26. The lowest BCUT2D eigenvalue weighted by molar-refractivity contribution is -0.138. The van der Waals surface area contributed by atoms with E-state index in [1.54, 1.807) is 25.1 Å². The van der Waals surface area contributed by atoms with Crippen molar-refractivity contribution in [3.8, 4) is 0 Å². The number of fused-ring (bicyclic) bond motifs is 2. The van der Waals surface area contributed by atoms with E-state index in [0.717, 1.165) is 28.0 Å². The van der Waals surface area contributed by atoms with Crippen LogP contribution in [-0.2, 0) is 14.3 Å². The van der Waals surface area contributed by atoms with E-state index in [9.17, 15) is 14.4 Å². The number of nitrogens with zero attached hydrogens (tertiary/aromatic N) is 2. The maximum atomic E-state index is 14.3. The van der Waals surface area contributed by atoms with Crippen molar-refractivity contribution in [2.75, 3.05) is 11.9 Å². The van der Waals surface area contributed by atoms with Crippen LogP contribution < -0.4 is 20.2 Å². The molecule has 0 bridgehead atoms. The fraction of sp³-hybridized carbons (Fsp3) is 0.188. The van der Waals surface area contributed by atoms with Crippen molar-refractivity contribution in [3.05, 3.63) is 125 Å². The Bertz CT molecular complexity index is 1920. The number of hydrogen-bond donors (Lipinski definition) is 1. The van der Waals surface area contributed by atoms with Crippen LogP contribution in [-0.4, -0.2) is 23.1 Å². The third kappa shape index (κ3) is 4.63. The van der Waals surface area contributed by atoms with Crippen molar-refractivity contribution in [1.82, 2.24) is 4.57 Å². The zero-order chi connectivity index (χ0) is 28.8. The summed E-state index contributed by atoms with van der Waals surface area (Å²) in [6.07, 6.45) is 0. The molecule has 7 nitrogen and oxygen atoms in total. The maximum absolute atomic E-state index is 14.3. The Morgan fingerprint density at radius 1 is 1.07 bits per heavy atom. The van der Waals surface area contributed by atoms with Crippen molar-refractivity contribution in [2.24, 2.45) is 4.99 Å². The van der Waals surface area contributed by atoms with E-state index in [4.69, 9.17) is 21.3 Å². The molecule has 1 aromatic heterocycles. The van der Waals surface area contributed by atoms with Gasteiger partial charge in [-0.25, -0.2) is 9.79 Å². The van der Waals surface area contributed by atoms with Crippen molar-refractivity contribution < 1.29 is 14.3 Å². The highest BCUT2D eigenvalue weighted by Gasteiger charge is 2.36. The van der Waals surface area contributed by atoms with Crippen molar-refractivity contribution >= 4 is 51.8 Å². The Hall–Kier alpha value is -4.27. The highest BCUT2D eigenvalue weighted by molar-refractivity contribution is 7.07. The lowest BCUT2D eigenvalue weighted by Gasteiger charge is -2.26. The number of anilines is 1. The summed E-state index contributed by atoms with van der Waals surface area (Å²) in [6.45, 7) is 6.11. The molecule has 3 aromatic carbocycles. The minimum atomic E-state index is -0.820. The second-order valence-electron chi connectivity index (χ2n) is 10.1.